The number of hydrogen-bond donors (Lipinski definition) is 1. The van der Waals surface area contributed by atoms with Crippen LogP contribution in [0, 0.1) is 5.92 Å². The van der Waals surface area contributed by atoms with Crippen molar-refractivity contribution < 1.29 is 14.3 Å². The highest BCUT2D eigenvalue weighted by molar-refractivity contribution is 5.78. The third-order valence-corrected chi connectivity index (χ3v) is 2.11. The van der Waals surface area contributed by atoms with Crippen molar-refractivity contribution in [2.75, 3.05) is 6.61 Å². The molecule has 1 atom stereocenters. The molecular weight excluding hydrogens is 168 g/mol. The fourth-order valence-corrected chi connectivity index (χ4v) is 1.30. The van der Waals surface area contributed by atoms with E-state index in [2.05, 4.69) is 0 Å². The molecule has 1 aromatic rings. The zero-order valence-electron chi connectivity index (χ0n) is 7.69. The van der Waals surface area contributed by atoms with E-state index in [1.165, 1.54) is 0 Å². The topological polar surface area (TPSA) is 50.4 Å². The zero-order valence-corrected chi connectivity index (χ0v) is 7.69. The molecule has 0 radical (unpaired) electrons. The molecule has 0 saturated carbocycles. The third kappa shape index (κ3) is 3.03. The van der Waals surface area contributed by atoms with Crippen LogP contribution in [0.3, 0.4) is 0 Å². The largest absolute Gasteiger partial charge is 0.472 e. The normalized spacial score (nSPS) is 12.8. The Balaban J connectivity index is 2.52. The lowest BCUT2D eigenvalue weighted by Crippen LogP contribution is -2.15. The predicted molar refractivity (Wildman–Crippen MR) is 48.3 cm³/mol. The van der Waals surface area contributed by atoms with E-state index in [4.69, 9.17) is 9.52 Å². The van der Waals surface area contributed by atoms with E-state index in [1.807, 2.05) is 6.07 Å². The Morgan fingerprint density at radius 1 is 1.69 bits per heavy atom. The number of hydrogen-bond acceptors (Lipinski definition) is 3. The van der Waals surface area contributed by atoms with Gasteiger partial charge in [-0.25, -0.2) is 0 Å². The van der Waals surface area contributed by atoms with Gasteiger partial charge >= 0.3 is 0 Å². The SMILES string of the molecule is CC(=O)C(CCO)Cc1ccoc1. The quantitative estimate of drug-likeness (QED) is 0.749. The summed E-state index contributed by atoms with van der Waals surface area (Å²) in [7, 11) is 0. The third-order valence-electron chi connectivity index (χ3n) is 2.11. The van der Waals surface area contributed by atoms with Gasteiger partial charge in [0, 0.05) is 12.5 Å². The Morgan fingerprint density at radius 2 is 2.46 bits per heavy atom. The molecule has 0 aromatic carbocycles. The van der Waals surface area contributed by atoms with Crippen molar-refractivity contribution >= 4 is 5.78 Å². The first kappa shape index (κ1) is 9.99. The second-order valence-corrected chi connectivity index (χ2v) is 3.16. The van der Waals surface area contributed by atoms with Gasteiger partial charge in [0.25, 0.3) is 0 Å². The predicted octanol–water partition coefficient (Wildman–Crippen LogP) is 1.41. The lowest BCUT2D eigenvalue weighted by Gasteiger charge is -2.09. The van der Waals surface area contributed by atoms with Crippen molar-refractivity contribution in [3.05, 3.63) is 24.2 Å². The van der Waals surface area contributed by atoms with E-state index >= 15 is 0 Å². The summed E-state index contributed by atoms with van der Waals surface area (Å²) in [5, 5.41) is 8.74. The van der Waals surface area contributed by atoms with Gasteiger partial charge in [-0.2, -0.15) is 0 Å². The van der Waals surface area contributed by atoms with Gasteiger partial charge in [-0.3, -0.25) is 4.79 Å². The molecule has 0 aliphatic carbocycles. The van der Waals surface area contributed by atoms with Crippen molar-refractivity contribution in [2.45, 2.75) is 19.8 Å². The molecule has 0 bridgehead atoms. The molecule has 1 aromatic heterocycles. The summed E-state index contributed by atoms with van der Waals surface area (Å²) < 4.78 is 4.90. The molecule has 1 heterocycles. The minimum absolute atomic E-state index is 0.0576. The van der Waals surface area contributed by atoms with Crippen LogP contribution in [-0.2, 0) is 11.2 Å². The summed E-state index contributed by atoms with van der Waals surface area (Å²) in [5.41, 5.74) is 1.01. The maximum atomic E-state index is 11.1. The monoisotopic (exact) mass is 182 g/mol. The molecule has 3 heteroatoms. The molecule has 0 aliphatic heterocycles. The first-order valence-corrected chi connectivity index (χ1v) is 4.36. The van der Waals surface area contributed by atoms with Crippen molar-refractivity contribution in [2.24, 2.45) is 5.92 Å². The number of aliphatic hydroxyl groups excluding tert-OH is 1. The second kappa shape index (κ2) is 4.82. The number of Topliss-reactive ketones (excluding diaryl/α,β-unsaturated/α-hetero) is 1. The molecule has 0 amide bonds. The molecule has 3 nitrogen and oxygen atoms in total. The van der Waals surface area contributed by atoms with E-state index in [0.29, 0.717) is 12.8 Å². The van der Waals surface area contributed by atoms with E-state index in [1.54, 1.807) is 19.5 Å². The summed E-state index contributed by atoms with van der Waals surface area (Å²) in [4.78, 5) is 11.1. The maximum absolute atomic E-state index is 11.1. The van der Waals surface area contributed by atoms with E-state index in [9.17, 15) is 4.79 Å². The van der Waals surface area contributed by atoms with Gasteiger partial charge in [-0.05, 0) is 31.4 Å². The summed E-state index contributed by atoms with van der Waals surface area (Å²) in [6, 6.07) is 1.84. The van der Waals surface area contributed by atoms with Crippen LogP contribution in [-0.4, -0.2) is 17.5 Å². The van der Waals surface area contributed by atoms with Crippen molar-refractivity contribution in [1.29, 1.82) is 0 Å². The van der Waals surface area contributed by atoms with Gasteiger partial charge in [-0.1, -0.05) is 0 Å². The van der Waals surface area contributed by atoms with Gasteiger partial charge in [0.15, 0.2) is 0 Å². The van der Waals surface area contributed by atoms with Crippen LogP contribution in [0.2, 0.25) is 0 Å². The van der Waals surface area contributed by atoms with Crippen LogP contribution in [0.25, 0.3) is 0 Å². The Kier molecular flexibility index (Phi) is 3.71. The average molecular weight is 182 g/mol. The van der Waals surface area contributed by atoms with Gasteiger partial charge in [-0.15, -0.1) is 0 Å². The Morgan fingerprint density at radius 3 is 2.92 bits per heavy atom. The van der Waals surface area contributed by atoms with Crippen molar-refractivity contribution in [1.82, 2.24) is 0 Å². The van der Waals surface area contributed by atoms with Gasteiger partial charge in [0.2, 0.25) is 0 Å². The van der Waals surface area contributed by atoms with Crippen LogP contribution in [0.1, 0.15) is 18.9 Å². The lowest BCUT2D eigenvalue weighted by atomic mass is 9.95. The molecule has 1 unspecified atom stereocenters. The lowest BCUT2D eigenvalue weighted by molar-refractivity contribution is -0.121. The number of ketones is 1. The fraction of sp³-hybridized carbons (Fsp3) is 0.500. The number of aliphatic hydroxyl groups is 1. The van der Waals surface area contributed by atoms with Gasteiger partial charge in [0.05, 0.1) is 12.5 Å². The van der Waals surface area contributed by atoms with Crippen LogP contribution < -0.4 is 0 Å². The fourth-order valence-electron chi connectivity index (χ4n) is 1.30. The number of rotatable bonds is 5. The van der Waals surface area contributed by atoms with Crippen LogP contribution in [0.15, 0.2) is 23.0 Å². The molecule has 0 aliphatic rings. The Bertz CT molecular complexity index is 251. The standard InChI is InChI=1S/C10H14O3/c1-8(12)10(2-4-11)6-9-3-5-13-7-9/h3,5,7,10-11H,2,4,6H2,1H3. The van der Waals surface area contributed by atoms with E-state index in [0.717, 1.165) is 5.56 Å². The molecule has 0 fully saturated rings. The number of furan rings is 1. The van der Waals surface area contributed by atoms with Crippen molar-refractivity contribution in [3.63, 3.8) is 0 Å². The molecular formula is C10H14O3. The van der Waals surface area contributed by atoms with Crippen LogP contribution >= 0.6 is 0 Å². The highest BCUT2D eigenvalue weighted by Gasteiger charge is 2.14. The summed E-state index contributed by atoms with van der Waals surface area (Å²) in [6.07, 6.45) is 4.41. The smallest absolute Gasteiger partial charge is 0.133 e. The van der Waals surface area contributed by atoms with Crippen molar-refractivity contribution in [3.8, 4) is 0 Å². The second-order valence-electron chi connectivity index (χ2n) is 3.16. The van der Waals surface area contributed by atoms with Gasteiger partial charge in [0.1, 0.15) is 5.78 Å². The minimum atomic E-state index is -0.0809. The minimum Gasteiger partial charge on any atom is -0.472 e. The summed E-state index contributed by atoms with van der Waals surface area (Å²) >= 11 is 0. The van der Waals surface area contributed by atoms with E-state index in [-0.39, 0.29) is 18.3 Å². The Hall–Kier alpha value is -1.09. The number of carbonyl (C=O) groups is 1. The highest BCUT2D eigenvalue weighted by Crippen LogP contribution is 2.13. The summed E-state index contributed by atoms with van der Waals surface area (Å²) in [6.45, 7) is 1.61. The molecule has 0 spiro atoms. The molecule has 13 heavy (non-hydrogen) atoms. The number of carbonyl (C=O) groups excluding carboxylic acids is 1. The van der Waals surface area contributed by atoms with E-state index < -0.39 is 0 Å². The zero-order chi connectivity index (χ0) is 9.68. The molecule has 72 valence electrons. The van der Waals surface area contributed by atoms with Crippen LogP contribution in [0.4, 0.5) is 0 Å². The molecule has 0 saturated heterocycles. The average Bonchev–Trinajstić information content (AvgIpc) is 2.56. The molecule has 1 rings (SSSR count). The summed E-state index contributed by atoms with van der Waals surface area (Å²) in [5.74, 6) is 0.0397. The van der Waals surface area contributed by atoms with Gasteiger partial charge < -0.3 is 9.52 Å². The van der Waals surface area contributed by atoms with Crippen LogP contribution in [0.5, 0.6) is 0 Å². The maximum Gasteiger partial charge on any atom is 0.133 e. The highest BCUT2D eigenvalue weighted by atomic mass is 16.3. The first-order chi connectivity index (χ1) is 6.24. The first-order valence-electron chi connectivity index (χ1n) is 4.36. The Labute approximate surface area is 77.4 Å². The molecule has 1 N–H and O–H groups in total.